The van der Waals surface area contributed by atoms with Crippen LogP contribution in [0.1, 0.15) is 25.3 Å². The molecular weight excluding hydrogens is 318 g/mol. The number of urea groups is 1. The van der Waals surface area contributed by atoms with Gasteiger partial charge in [0.15, 0.2) is 0 Å². The molecule has 1 aliphatic rings. The van der Waals surface area contributed by atoms with E-state index < -0.39 is 11.1 Å². The highest BCUT2D eigenvalue weighted by atomic mass is 32.2. The molecule has 2 rings (SSSR count). The van der Waals surface area contributed by atoms with Gasteiger partial charge in [0.2, 0.25) is 5.91 Å². The van der Waals surface area contributed by atoms with Crippen LogP contribution < -0.4 is 10.6 Å². The van der Waals surface area contributed by atoms with E-state index in [1.807, 2.05) is 0 Å². The van der Waals surface area contributed by atoms with Gasteiger partial charge in [-0.25, -0.2) is 4.79 Å². The molecule has 2 N–H and O–H groups in total. The van der Waals surface area contributed by atoms with Gasteiger partial charge < -0.3 is 20.1 Å². The number of anilines is 1. The van der Waals surface area contributed by atoms with Crippen molar-refractivity contribution in [1.82, 2.24) is 10.2 Å². The summed E-state index contributed by atoms with van der Waals surface area (Å²) in [7, 11) is 0. The van der Waals surface area contributed by atoms with Gasteiger partial charge >= 0.3 is 6.03 Å². The van der Waals surface area contributed by atoms with Gasteiger partial charge in [-0.05, 0) is 30.5 Å². The Morgan fingerprint density at radius 3 is 2.39 bits per heavy atom. The van der Waals surface area contributed by atoms with Crippen molar-refractivity contribution in [1.29, 1.82) is 0 Å². The minimum absolute atomic E-state index is 0.0405. The molecule has 126 valence electrons. The summed E-state index contributed by atoms with van der Waals surface area (Å²) in [6.45, 7) is 2.86. The van der Waals surface area contributed by atoms with Gasteiger partial charge in [-0.1, -0.05) is 23.2 Å². The smallest absolute Gasteiger partial charge is 0.319 e. The number of hydrogen-bond donors (Lipinski definition) is 2. The Bertz CT molecular complexity index is 583. The molecule has 3 amide bonds. The summed E-state index contributed by atoms with van der Waals surface area (Å²) in [4.78, 5) is 25.0. The number of amides is 3. The number of likely N-dealkylation sites (tertiary alicyclic amines) is 1. The molecule has 0 radical (unpaired) electrons. The average Bonchev–Trinajstić information content (AvgIpc) is 2.49. The second kappa shape index (κ2) is 8.07. The molecule has 0 bridgehead atoms. The second-order valence-corrected chi connectivity index (χ2v) is 6.42. The van der Waals surface area contributed by atoms with E-state index in [0.717, 1.165) is 12.8 Å². The van der Waals surface area contributed by atoms with E-state index in [-0.39, 0.29) is 23.7 Å². The molecule has 8 heteroatoms. The summed E-state index contributed by atoms with van der Waals surface area (Å²) in [6, 6.07) is 6.41. The molecule has 1 aromatic carbocycles. The van der Waals surface area contributed by atoms with Gasteiger partial charge in [-0.3, -0.25) is 9.00 Å². The number of piperidine rings is 1. The molecule has 1 aromatic rings. The minimum Gasteiger partial charge on any atom is -0.772 e. The number of carbonyl (C=O) groups is 2. The van der Waals surface area contributed by atoms with Gasteiger partial charge in [0.1, 0.15) is 0 Å². The predicted molar refractivity (Wildman–Crippen MR) is 86.5 cm³/mol. The van der Waals surface area contributed by atoms with Crippen LogP contribution in [0.4, 0.5) is 10.5 Å². The van der Waals surface area contributed by atoms with Crippen LogP contribution in [0.15, 0.2) is 24.3 Å². The third-order valence-corrected chi connectivity index (χ3v) is 4.34. The number of nitrogens with one attached hydrogen (secondary N) is 2. The number of benzene rings is 1. The largest absolute Gasteiger partial charge is 0.772 e. The molecule has 1 saturated heterocycles. The van der Waals surface area contributed by atoms with Crippen LogP contribution in [0.3, 0.4) is 0 Å². The average molecular weight is 338 g/mol. The first-order valence-electron chi connectivity index (χ1n) is 7.42. The monoisotopic (exact) mass is 338 g/mol. The third-order valence-electron chi connectivity index (χ3n) is 3.77. The van der Waals surface area contributed by atoms with Gasteiger partial charge in [-0.2, -0.15) is 0 Å². The zero-order valence-corrected chi connectivity index (χ0v) is 13.7. The van der Waals surface area contributed by atoms with E-state index in [1.165, 1.54) is 0 Å². The quantitative estimate of drug-likeness (QED) is 0.805. The summed E-state index contributed by atoms with van der Waals surface area (Å²) in [5.41, 5.74) is 1.27. The Kier molecular flexibility index (Phi) is 6.12. The molecule has 1 atom stereocenters. The van der Waals surface area contributed by atoms with Gasteiger partial charge in [-0.15, -0.1) is 0 Å². The first-order chi connectivity index (χ1) is 10.9. The molecule has 0 aromatic heterocycles. The van der Waals surface area contributed by atoms with Gasteiger partial charge in [0, 0.05) is 37.5 Å². The van der Waals surface area contributed by atoms with Crippen LogP contribution in [0.5, 0.6) is 0 Å². The fourth-order valence-electron chi connectivity index (χ4n) is 2.51. The summed E-state index contributed by atoms with van der Waals surface area (Å²) in [6.07, 6.45) is 1.47. The Labute approximate surface area is 137 Å². The third kappa shape index (κ3) is 5.65. The summed E-state index contributed by atoms with van der Waals surface area (Å²) < 4.78 is 21.2. The second-order valence-electron chi connectivity index (χ2n) is 5.52. The zero-order chi connectivity index (χ0) is 16.8. The minimum atomic E-state index is -2.12. The lowest BCUT2D eigenvalue weighted by molar-refractivity contribution is -0.129. The maximum atomic E-state index is 12.0. The van der Waals surface area contributed by atoms with E-state index in [4.69, 9.17) is 0 Å². The maximum absolute atomic E-state index is 12.0. The van der Waals surface area contributed by atoms with Crippen molar-refractivity contribution in [3.8, 4) is 0 Å². The molecule has 1 heterocycles. The normalized spacial score (nSPS) is 16.7. The first-order valence-corrected chi connectivity index (χ1v) is 8.66. The summed E-state index contributed by atoms with van der Waals surface area (Å²) in [5.74, 6) is 0.0216. The molecule has 0 saturated carbocycles. The van der Waals surface area contributed by atoms with Crippen molar-refractivity contribution < 1.29 is 18.4 Å². The molecule has 7 nitrogen and oxygen atoms in total. The molecule has 1 aliphatic heterocycles. The predicted octanol–water partition coefficient (Wildman–Crippen LogP) is 1.20. The highest BCUT2D eigenvalue weighted by Crippen LogP contribution is 2.13. The van der Waals surface area contributed by atoms with Crippen LogP contribution in [-0.4, -0.2) is 44.7 Å². The SMILES string of the molecule is CC(=O)N1CCC(NC(=O)Nc2ccc(CS(=O)[O-])cc2)CC1. The topological polar surface area (TPSA) is 102 Å². The number of rotatable bonds is 4. The number of nitrogens with zero attached hydrogens (tertiary/aromatic N) is 1. The first kappa shape index (κ1) is 17.4. The van der Waals surface area contributed by atoms with E-state index in [2.05, 4.69) is 10.6 Å². The van der Waals surface area contributed by atoms with Crippen molar-refractivity contribution >= 4 is 28.7 Å². The van der Waals surface area contributed by atoms with E-state index >= 15 is 0 Å². The van der Waals surface area contributed by atoms with Gasteiger partial charge in [0.05, 0.1) is 0 Å². The molecule has 1 fully saturated rings. The van der Waals surface area contributed by atoms with Crippen molar-refractivity contribution in [2.24, 2.45) is 0 Å². The van der Waals surface area contributed by atoms with E-state index in [0.29, 0.717) is 24.3 Å². The lowest BCUT2D eigenvalue weighted by Gasteiger charge is -2.31. The Hall–Kier alpha value is -1.93. The lowest BCUT2D eigenvalue weighted by Crippen LogP contribution is -2.47. The maximum Gasteiger partial charge on any atom is 0.319 e. The Morgan fingerprint density at radius 1 is 1.26 bits per heavy atom. The van der Waals surface area contributed by atoms with Crippen molar-refractivity contribution in [3.63, 3.8) is 0 Å². The molecule has 1 unspecified atom stereocenters. The van der Waals surface area contributed by atoms with Gasteiger partial charge in [0.25, 0.3) is 0 Å². The van der Waals surface area contributed by atoms with E-state index in [1.54, 1.807) is 36.1 Å². The lowest BCUT2D eigenvalue weighted by atomic mass is 10.1. The molecule has 0 aliphatic carbocycles. The van der Waals surface area contributed by atoms with E-state index in [9.17, 15) is 18.4 Å². The highest BCUT2D eigenvalue weighted by Gasteiger charge is 2.21. The van der Waals surface area contributed by atoms with Crippen LogP contribution in [0.2, 0.25) is 0 Å². The van der Waals surface area contributed by atoms with Crippen molar-refractivity contribution in [3.05, 3.63) is 29.8 Å². The summed E-state index contributed by atoms with van der Waals surface area (Å²) >= 11 is -2.12. The van der Waals surface area contributed by atoms with Crippen LogP contribution >= 0.6 is 0 Å². The fourth-order valence-corrected chi connectivity index (χ4v) is 2.98. The number of hydrogen-bond acceptors (Lipinski definition) is 4. The molecule has 23 heavy (non-hydrogen) atoms. The fraction of sp³-hybridized carbons (Fsp3) is 0.467. The number of carbonyl (C=O) groups excluding carboxylic acids is 2. The van der Waals surface area contributed by atoms with Crippen molar-refractivity contribution in [2.45, 2.75) is 31.6 Å². The molecule has 0 spiro atoms. The standard InChI is InChI=1S/C15H21N3O4S/c1-11(19)18-8-6-14(7-9-18)17-15(20)16-13-4-2-12(3-5-13)10-23(21)22/h2-5,14H,6-10H2,1H3,(H,21,22)(H2,16,17,20)/p-1. The van der Waals surface area contributed by atoms with Crippen LogP contribution in [-0.2, 0) is 21.6 Å². The molecular formula is C15H20N3O4S-. The zero-order valence-electron chi connectivity index (χ0n) is 12.9. The highest BCUT2D eigenvalue weighted by molar-refractivity contribution is 7.78. The summed E-state index contributed by atoms with van der Waals surface area (Å²) in [5, 5.41) is 5.61. The Balaban J connectivity index is 1.79. The van der Waals surface area contributed by atoms with Crippen LogP contribution in [0.25, 0.3) is 0 Å². The van der Waals surface area contributed by atoms with Crippen LogP contribution in [0, 0.1) is 0 Å². The Morgan fingerprint density at radius 2 is 1.87 bits per heavy atom. The van der Waals surface area contributed by atoms with Crippen molar-refractivity contribution in [2.75, 3.05) is 18.4 Å².